The third-order valence-electron chi connectivity index (χ3n) is 4.35. The molecule has 1 unspecified atom stereocenters. The molecule has 1 aromatic carbocycles. The molecule has 26 heavy (non-hydrogen) atoms. The van der Waals surface area contributed by atoms with Crippen molar-refractivity contribution in [1.29, 1.82) is 0 Å². The second-order valence-corrected chi connectivity index (χ2v) is 6.51. The van der Waals surface area contributed by atoms with Crippen LogP contribution in [0.15, 0.2) is 30.3 Å². The number of benzene rings is 1. The first-order valence-electron chi connectivity index (χ1n) is 9.30. The van der Waals surface area contributed by atoms with E-state index in [-0.39, 0.29) is 12.2 Å². The van der Waals surface area contributed by atoms with E-state index in [1.165, 1.54) is 0 Å². The summed E-state index contributed by atoms with van der Waals surface area (Å²) >= 11 is 0. The quantitative estimate of drug-likeness (QED) is 0.568. The number of carbonyl (C=O) groups is 3. The molecule has 1 fully saturated rings. The van der Waals surface area contributed by atoms with Gasteiger partial charge in [-0.3, -0.25) is 4.79 Å². The van der Waals surface area contributed by atoms with E-state index in [9.17, 15) is 14.4 Å². The van der Waals surface area contributed by atoms with E-state index in [2.05, 4.69) is 5.32 Å². The Morgan fingerprint density at radius 1 is 1.23 bits per heavy atom. The van der Waals surface area contributed by atoms with Gasteiger partial charge in [0.15, 0.2) is 11.9 Å². The lowest BCUT2D eigenvalue weighted by Crippen LogP contribution is -2.46. The second kappa shape index (κ2) is 10.6. The van der Waals surface area contributed by atoms with Crippen molar-refractivity contribution in [3.8, 4) is 0 Å². The summed E-state index contributed by atoms with van der Waals surface area (Å²) in [5, 5.41) is 2.58. The van der Waals surface area contributed by atoms with Gasteiger partial charge in [0.1, 0.15) is 6.04 Å². The lowest BCUT2D eigenvalue weighted by molar-refractivity contribution is -0.158. The molecule has 6 nitrogen and oxygen atoms in total. The Kier molecular flexibility index (Phi) is 8.12. The number of carbonyl (C=O) groups excluding carboxylic acids is 3. The van der Waals surface area contributed by atoms with Gasteiger partial charge in [-0.2, -0.15) is 0 Å². The fourth-order valence-electron chi connectivity index (χ4n) is 2.83. The molecule has 1 amide bonds. The lowest BCUT2D eigenvalue weighted by atomic mass is 9.96. The Labute approximate surface area is 154 Å². The first-order chi connectivity index (χ1) is 12.6. The van der Waals surface area contributed by atoms with Crippen LogP contribution in [-0.4, -0.2) is 36.6 Å². The van der Waals surface area contributed by atoms with Gasteiger partial charge in [0.25, 0.3) is 0 Å². The molecule has 1 N–H and O–H groups in total. The summed E-state index contributed by atoms with van der Waals surface area (Å²) in [6.07, 6.45) is 3.28. The number of rotatable bonds is 8. The third kappa shape index (κ3) is 6.50. The second-order valence-electron chi connectivity index (χ2n) is 6.51. The molecule has 1 aliphatic rings. The highest BCUT2D eigenvalue weighted by Gasteiger charge is 2.30. The van der Waals surface area contributed by atoms with Crippen LogP contribution in [0.4, 0.5) is 4.79 Å². The summed E-state index contributed by atoms with van der Waals surface area (Å²) in [6.45, 7) is 2.30. The Balaban J connectivity index is 1.99. The molecule has 0 aromatic heterocycles. The molecular formula is C20H27NO5. The van der Waals surface area contributed by atoms with Crippen molar-refractivity contribution >= 4 is 17.8 Å². The van der Waals surface area contributed by atoms with Gasteiger partial charge in [-0.1, -0.05) is 43.7 Å². The molecule has 1 aliphatic carbocycles. The first-order valence-corrected chi connectivity index (χ1v) is 9.30. The van der Waals surface area contributed by atoms with Crippen molar-refractivity contribution in [2.45, 2.75) is 64.0 Å². The van der Waals surface area contributed by atoms with Gasteiger partial charge in [-0.15, -0.1) is 0 Å². The van der Waals surface area contributed by atoms with Crippen molar-refractivity contribution in [1.82, 2.24) is 5.32 Å². The maximum atomic E-state index is 12.6. The molecular weight excluding hydrogens is 334 g/mol. The van der Waals surface area contributed by atoms with Crippen LogP contribution in [0.1, 0.15) is 51.0 Å². The number of unbranched alkanes of at least 4 members (excludes halogenated alkanes) is 1. The van der Waals surface area contributed by atoms with Crippen LogP contribution in [0, 0.1) is 0 Å². The van der Waals surface area contributed by atoms with E-state index in [0.29, 0.717) is 19.4 Å². The Morgan fingerprint density at radius 3 is 2.69 bits per heavy atom. The predicted octanol–water partition coefficient (Wildman–Crippen LogP) is 3.18. The Morgan fingerprint density at radius 2 is 2.00 bits per heavy atom. The molecule has 0 radical (unpaired) electrons. The van der Waals surface area contributed by atoms with Crippen molar-refractivity contribution in [3.63, 3.8) is 0 Å². The zero-order valence-electron chi connectivity index (χ0n) is 15.2. The van der Waals surface area contributed by atoms with Gasteiger partial charge in [0.05, 0.1) is 6.61 Å². The molecule has 6 heteroatoms. The van der Waals surface area contributed by atoms with E-state index >= 15 is 0 Å². The summed E-state index contributed by atoms with van der Waals surface area (Å²) in [6, 6.07) is 8.46. The first kappa shape index (κ1) is 19.9. The summed E-state index contributed by atoms with van der Waals surface area (Å²) in [7, 11) is 0. The van der Waals surface area contributed by atoms with Gasteiger partial charge in [-0.05, 0) is 31.2 Å². The minimum Gasteiger partial charge on any atom is -0.453 e. The number of alkyl carbamates (subject to hydrolysis) is 1. The molecule has 1 saturated carbocycles. The molecule has 2 atom stereocenters. The smallest absolute Gasteiger partial charge is 0.407 e. The number of ketones is 1. The highest BCUT2D eigenvalue weighted by Crippen LogP contribution is 2.18. The fraction of sp³-hybridized carbons (Fsp3) is 0.550. The molecule has 0 aliphatic heterocycles. The SMILES string of the molecule is CCCCOC(=O)N[C@@H](Cc1ccccc1)C(=O)OC1CCCCC1=O. The largest absolute Gasteiger partial charge is 0.453 e. The summed E-state index contributed by atoms with van der Waals surface area (Å²) in [5.41, 5.74) is 0.887. The number of esters is 1. The number of hydrogen-bond donors (Lipinski definition) is 1. The molecule has 142 valence electrons. The zero-order valence-corrected chi connectivity index (χ0v) is 15.2. The number of ether oxygens (including phenoxy) is 2. The third-order valence-corrected chi connectivity index (χ3v) is 4.35. The van der Waals surface area contributed by atoms with Crippen molar-refractivity contribution in [2.75, 3.05) is 6.61 Å². The van der Waals surface area contributed by atoms with Crippen LogP contribution < -0.4 is 5.32 Å². The van der Waals surface area contributed by atoms with Crippen molar-refractivity contribution in [2.24, 2.45) is 0 Å². The van der Waals surface area contributed by atoms with E-state index in [4.69, 9.17) is 9.47 Å². The Hall–Kier alpha value is -2.37. The van der Waals surface area contributed by atoms with Crippen LogP contribution in [0.25, 0.3) is 0 Å². The number of nitrogens with one attached hydrogen (secondary N) is 1. The van der Waals surface area contributed by atoms with Gasteiger partial charge < -0.3 is 14.8 Å². The monoisotopic (exact) mass is 361 g/mol. The predicted molar refractivity (Wildman–Crippen MR) is 96.7 cm³/mol. The summed E-state index contributed by atoms with van der Waals surface area (Å²) in [5.74, 6) is -0.643. The summed E-state index contributed by atoms with van der Waals surface area (Å²) in [4.78, 5) is 36.5. The van der Waals surface area contributed by atoms with Crippen molar-refractivity contribution < 1.29 is 23.9 Å². The van der Waals surface area contributed by atoms with Crippen molar-refractivity contribution in [3.05, 3.63) is 35.9 Å². The van der Waals surface area contributed by atoms with E-state index in [1.54, 1.807) is 0 Å². The fourth-order valence-corrected chi connectivity index (χ4v) is 2.83. The average Bonchev–Trinajstić information content (AvgIpc) is 2.64. The Bertz CT molecular complexity index is 601. The van der Waals surface area contributed by atoms with Gasteiger partial charge >= 0.3 is 12.1 Å². The molecule has 0 saturated heterocycles. The molecule has 1 aromatic rings. The van der Waals surface area contributed by atoms with E-state index < -0.39 is 24.2 Å². The van der Waals surface area contributed by atoms with Crippen LogP contribution in [0.2, 0.25) is 0 Å². The molecule has 0 spiro atoms. The van der Waals surface area contributed by atoms with Gasteiger partial charge in [-0.25, -0.2) is 9.59 Å². The minimum atomic E-state index is -0.888. The highest BCUT2D eigenvalue weighted by atomic mass is 16.6. The standard InChI is InChI=1S/C20H27NO5/c1-2-3-13-25-20(24)21-16(14-15-9-5-4-6-10-15)19(23)26-18-12-8-7-11-17(18)22/h4-6,9-10,16,18H,2-3,7-8,11-14H2,1H3,(H,21,24)/t16-,18?/m0/s1. The van der Waals surface area contributed by atoms with Gasteiger partial charge in [0.2, 0.25) is 0 Å². The zero-order chi connectivity index (χ0) is 18.8. The molecule has 2 rings (SSSR count). The van der Waals surface area contributed by atoms with Crippen LogP contribution in [-0.2, 0) is 25.5 Å². The van der Waals surface area contributed by atoms with Crippen LogP contribution in [0.5, 0.6) is 0 Å². The number of amides is 1. The maximum Gasteiger partial charge on any atom is 0.407 e. The van der Waals surface area contributed by atoms with Crippen LogP contribution >= 0.6 is 0 Å². The summed E-state index contributed by atoms with van der Waals surface area (Å²) < 4.78 is 10.5. The maximum absolute atomic E-state index is 12.6. The molecule has 0 heterocycles. The average molecular weight is 361 g/mol. The molecule has 0 bridgehead atoms. The highest BCUT2D eigenvalue weighted by molar-refractivity contribution is 5.88. The lowest BCUT2D eigenvalue weighted by Gasteiger charge is -2.24. The normalized spacial score (nSPS) is 18.0. The topological polar surface area (TPSA) is 81.7 Å². The van der Waals surface area contributed by atoms with Crippen LogP contribution in [0.3, 0.4) is 0 Å². The van der Waals surface area contributed by atoms with Gasteiger partial charge in [0, 0.05) is 12.8 Å². The van der Waals surface area contributed by atoms with E-state index in [1.807, 2.05) is 37.3 Å². The number of Topliss-reactive ketones (excluding diaryl/α,β-unsaturated/α-hetero) is 1. The van der Waals surface area contributed by atoms with E-state index in [0.717, 1.165) is 31.2 Å². The minimum absolute atomic E-state index is 0.0476. The number of hydrogen-bond acceptors (Lipinski definition) is 5.